The van der Waals surface area contributed by atoms with Crippen molar-refractivity contribution in [2.45, 2.75) is 58.1 Å². The lowest BCUT2D eigenvalue weighted by molar-refractivity contribution is -0.130. The molecular formula is C17H25NO2. The minimum Gasteiger partial charge on any atom is -0.368 e. The second-order valence-electron chi connectivity index (χ2n) is 6.60. The molecule has 0 aliphatic carbocycles. The number of carbonyl (C=O) groups is 1. The van der Waals surface area contributed by atoms with E-state index in [-0.39, 0.29) is 23.5 Å². The van der Waals surface area contributed by atoms with Gasteiger partial charge in [-0.05, 0) is 36.3 Å². The van der Waals surface area contributed by atoms with Crippen LogP contribution in [0.15, 0.2) is 24.3 Å². The molecule has 0 radical (unpaired) electrons. The summed E-state index contributed by atoms with van der Waals surface area (Å²) in [4.78, 5) is 12.0. The van der Waals surface area contributed by atoms with Gasteiger partial charge < -0.3 is 10.1 Å². The largest absolute Gasteiger partial charge is 0.368 e. The summed E-state index contributed by atoms with van der Waals surface area (Å²) in [6, 6.07) is 8.50. The lowest BCUT2D eigenvalue weighted by Crippen LogP contribution is -2.35. The average Bonchev–Trinajstić information content (AvgIpc) is 2.91. The monoisotopic (exact) mass is 275 g/mol. The molecule has 1 aromatic rings. The van der Waals surface area contributed by atoms with Gasteiger partial charge in [-0.1, -0.05) is 45.0 Å². The molecule has 110 valence electrons. The molecule has 3 nitrogen and oxygen atoms in total. The Morgan fingerprint density at radius 3 is 2.45 bits per heavy atom. The third-order valence-electron chi connectivity index (χ3n) is 3.86. The zero-order valence-electron chi connectivity index (χ0n) is 12.9. The van der Waals surface area contributed by atoms with Gasteiger partial charge in [0.15, 0.2) is 0 Å². The van der Waals surface area contributed by atoms with E-state index < -0.39 is 0 Å². The summed E-state index contributed by atoms with van der Waals surface area (Å²) in [5.41, 5.74) is 2.59. The van der Waals surface area contributed by atoms with E-state index in [1.165, 1.54) is 5.56 Å². The molecule has 1 amide bonds. The summed E-state index contributed by atoms with van der Waals surface area (Å²) in [6.45, 7) is 9.31. The highest BCUT2D eigenvalue weighted by atomic mass is 16.5. The fraction of sp³-hybridized carbons (Fsp3) is 0.588. The highest BCUT2D eigenvalue weighted by Crippen LogP contribution is 2.24. The van der Waals surface area contributed by atoms with Crippen molar-refractivity contribution in [3.8, 4) is 0 Å². The van der Waals surface area contributed by atoms with Crippen molar-refractivity contribution in [3.05, 3.63) is 35.4 Å². The normalized spacial score (nSPS) is 20.7. The van der Waals surface area contributed by atoms with Crippen molar-refractivity contribution < 1.29 is 9.53 Å². The molecule has 3 heteroatoms. The minimum atomic E-state index is -0.258. The Hall–Kier alpha value is -1.35. The van der Waals surface area contributed by atoms with Crippen LogP contribution in [-0.2, 0) is 14.9 Å². The van der Waals surface area contributed by atoms with Crippen LogP contribution in [0.4, 0.5) is 0 Å². The van der Waals surface area contributed by atoms with Crippen LogP contribution in [0.25, 0.3) is 0 Å². The topological polar surface area (TPSA) is 38.3 Å². The Labute approximate surface area is 121 Å². The maximum Gasteiger partial charge on any atom is 0.249 e. The number of ether oxygens (including phenoxy) is 1. The predicted octanol–water partition coefficient (Wildman–Crippen LogP) is 3.34. The molecule has 0 aromatic heterocycles. The highest BCUT2D eigenvalue weighted by Gasteiger charge is 2.24. The van der Waals surface area contributed by atoms with Crippen LogP contribution < -0.4 is 5.32 Å². The molecule has 1 aliphatic heterocycles. The third-order valence-corrected chi connectivity index (χ3v) is 3.86. The van der Waals surface area contributed by atoms with Gasteiger partial charge in [-0.25, -0.2) is 0 Å². The molecule has 2 rings (SSSR count). The average molecular weight is 275 g/mol. The molecule has 0 bridgehead atoms. The summed E-state index contributed by atoms with van der Waals surface area (Å²) in [7, 11) is 0. The molecule has 0 spiro atoms. The Morgan fingerprint density at radius 2 is 1.95 bits per heavy atom. The fourth-order valence-corrected chi connectivity index (χ4v) is 2.45. The first kappa shape index (κ1) is 15.0. The predicted molar refractivity (Wildman–Crippen MR) is 80.7 cm³/mol. The molecule has 1 heterocycles. The summed E-state index contributed by atoms with van der Waals surface area (Å²) >= 11 is 0. The maximum absolute atomic E-state index is 12.0. The van der Waals surface area contributed by atoms with Crippen LogP contribution in [0.5, 0.6) is 0 Å². The Balaban J connectivity index is 1.98. The van der Waals surface area contributed by atoms with E-state index in [4.69, 9.17) is 4.74 Å². The molecule has 1 fully saturated rings. The molecule has 1 aliphatic rings. The van der Waals surface area contributed by atoms with Crippen LogP contribution in [0, 0.1) is 0 Å². The second kappa shape index (κ2) is 5.96. The molecule has 1 aromatic carbocycles. The van der Waals surface area contributed by atoms with E-state index in [0.717, 1.165) is 18.4 Å². The number of hydrogen-bond acceptors (Lipinski definition) is 2. The smallest absolute Gasteiger partial charge is 0.249 e. The minimum absolute atomic E-state index is 0.00916. The quantitative estimate of drug-likeness (QED) is 0.918. The maximum atomic E-state index is 12.0. The van der Waals surface area contributed by atoms with E-state index >= 15 is 0 Å². The first-order valence-corrected chi connectivity index (χ1v) is 7.40. The van der Waals surface area contributed by atoms with Gasteiger partial charge >= 0.3 is 0 Å². The Bertz CT molecular complexity index is 453. The van der Waals surface area contributed by atoms with Gasteiger partial charge in [-0.2, -0.15) is 0 Å². The van der Waals surface area contributed by atoms with Crippen LogP contribution >= 0.6 is 0 Å². The van der Waals surface area contributed by atoms with Gasteiger partial charge in [-0.3, -0.25) is 4.79 Å². The third kappa shape index (κ3) is 3.60. The summed E-state index contributed by atoms with van der Waals surface area (Å²) in [6.07, 6.45) is 1.56. The van der Waals surface area contributed by atoms with Gasteiger partial charge in [0.2, 0.25) is 5.91 Å². The van der Waals surface area contributed by atoms with Gasteiger partial charge in [0.05, 0.1) is 6.04 Å². The molecule has 2 atom stereocenters. The number of hydrogen-bond donors (Lipinski definition) is 1. The molecule has 0 unspecified atom stereocenters. The first-order chi connectivity index (χ1) is 9.38. The van der Waals surface area contributed by atoms with Crippen molar-refractivity contribution >= 4 is 5.91 Å². The van der Waals surface area contributed by atoms with Crippen LogP contribution in [0.1, 0.15) is 57.7 Å². The summed E-state index contributed by atoms with van der Waals surface area (Å²) in [5, 5.41) is 3.03. The molecule has 1 saturated heterocycles. The van der Waals surface area contributed by atoms with Crippen molar-refractivity contribution in [2.75, 3.05) is 6.61 Å². The van der Waals surface area contributed by atoms with Gasteiger partial charge in [-0.15, -0.1) is 0 Å². The lowest BCUT2D eigenvalue weighted by atomic mass is 9.86. The number of amides is 1. The van der Waals surface area contributed by atoms with Crippen molar-refractivity contribution in [2.24, 2.45) is 0 Å². The van der Waals surface area contributed by atoms with E-state index in [2.05, 4.69) is 50.4 Å². The van der Waals surface area contributed by atoms with Crippen molar-refractivity contribution in [1.82, 2.24) is 5.32 Å². The first-order valence-electron chi connectivity index (χ1n) is 7.40. The Morgan fingerprint density at radius 1 is 1.30 bits per heavy atom. The van der Waals surface area contributed by atoms with Gasteiger partial charge in [0.1, 0.15) is 6.10 Å². The van der Waals surface area contributed by atoms with Gasteiger partial charge in [0, 0.05) is 6.61 Å². The number of benzene rings is 1. The van der Waals surface area contributed by atoms with Crippen molar-refractivity contribution in [1.29, 1.82) is 0 Å². The van der Waals surface area contributed by atoms with Crippen molar-refractivity contribution in [3.63, 3.8) is 0 Å². The summed E-state index contributed by atoms with van der Waals surface area (Å²) in [5.74, 6) is 0.00916. The van der Waals surface area contributed by atoms with Crippen LogP contribution in [0.2, 0.25) is 0 Å². The number of carbonyl (C=O) groups excluding carboxylic acids is 1. The number of nitrogens with one attached hydrogen (secondary N) is 1. The molecular weight excluding hydrogens is 250 g/mol. The zero-order chi connectivity index (χ0) is 14.8. The lowest BCUT2D eigenvalue weighted by Gasteiger charge is -2.21. The highest BCUT2D eigenvalue weighted by molar-refractivity contribution is 5.81. The van der Waals surface area contributed by atoms with E-state index in [1.54, 1.807) is 0 Å². The van der Waals surface area contributed by atoms with E-state index in [1.807, 2.05) is 6.92 Å². The fourth-order valence-electron chi connectivity index (χ4n) is 2.45. The van der Waals surface area contributed by atoms with Crippen LogP contribution in [0.3, 0.4) is 0 Å². The molecule has 20 heavy (non-hydrogen) atoms. The standard InChI is InChI=1S/C17H25NO2/c1-12(18-16(19)15-6-5-11-20-15)13-7-9-14(10-8-13)17(2,3)4/h7-10,12,15H,5-6,11H2,1-4H3,(H,18,19)/t12-,15+/m0/s1. The number of rotatable bonds is 3. The second-order valence-corrected chi connectivity index (χ2v) is 6.60. The zero-order valence-corrected chi connectivity index (χ0v) is 12.9. The van der Waals surface area contributed by atoms with Gasteiger partial charge in [0.25, 0.3) is 0 Å². The molecule has 1 N–H and O–H groups in total. The van der Waals surface area contributed by atoms with E-state index in [0.29, 0.717) is 6.61 Å². The SMILES string of the molecule is C[C@H](NC(=O)[C@H]1CCCO1)c1ccc(C(C)(C)C)cc1. The van der Waals surface area contributed by atoms with Crippen LogP contribution in [-0.4, -0.2) is 18.6 Å². The molecule has 0 saturated carbocycles. The Kier molecular flexibility index (Phi) is 4.48. The summed E-state index contributed by atoms with van der Waals surface area (Å²) < 4.78 is 5.40. The van der Waals surface area contributed by atoms with E-state index in [9.17, 15) is 4.79 Å².